The van der Waals surface area contributed by atoms with Crippen LogP contribution in [0.25, 0.3) is 0 Å². The molecule has 2 heteroatoms. The number of hydrogen-bond acceptors (Lipinski definition) is 1. The molecule has 0 rings (SSSR count). The third kappa shape index (κ3) is 4.37. The molecule has 0 aliphatic heterocycles. The number of amides is 1. The predicted molar refractivity (Wildman–Crippen MR) is 46.9 cm³/mol. The molecule has 0 fully saturated rings. The minimum atomic E-state index is -0.328. The van der Waals surface area contributed by atoms with E-state index in [1.165, 1.54) is 0 Å². The highest BCUT2D eigenvalue weighted by molar-refractivity contribution is 5.82. The first-order valence-corrected chi connectivity index (χ1v) is 3.57. The van der Waals surface area contributed by atoms with Crippen LogP contribution in [0.2, 0.25) is 0 Å². The summed E-state index contributed by atoms with van der Waals surface area (Å²) in [5.74, 6) is 0.00981. The summed E-state index contributed by atoms with van der Waals surface area (Å²) in [6, 6.07) is 0. The molecule has 0 atom stereocenters. The van der Waals surface area contributed by atoms with Crippen molar-refractivity contribution < 1.29 is 4.79 Å². The van der Waals surface area contributed by atoms with Crippen molar-refractivity contribution in [3.63, 3.8) is 0 Å². The maximum atomic E-state index is 11.1. The van der Waals surface area contributed by atoms with Gasteiger partial charge in [0, 0.05) is 11.6 Å². The lowest BCUT2D eigenvalue weighted by molar-refractivity contribution is -0.127. The highest BCUT2D eigenvalue weighted by Gasteiger charge is 2.19. The molecule has 0 aromatic heterocycles. The molecule has 0 radical (unpaired) electrons. The molecule has 0 heterocycles. The summed E-state index contributed by atoms with van der Waals surface area (Å²) in [6.07, 6.45) is 4.88. The van der Waals surface area contributed by atoms with Gasteiger partial charge in [-0.15, -0.1) is 0 Å². The van der Waals surface area contributed by atoms with Gasteiger partial charge in [0.2, 0.25) is 5.91 Å². The molecule has 0 unspecified atom stereocenters. The van der Waals surface area contributed by atoms with Crippen molar-refractivity contribution >= 4 is 5.91 Å². The van der Waals surface area contributed by atoms with E-state index in [-0.39, 0.29) is 11.3 Å². The largest absolute Gasteiger partial charge is 0.332 e. The maximum Gasteiger partial charge on any atom is 0.229 e. The fourth-order valence-electron chi connectivity index (χ4n) is 0.408. The molecule has 0 aliphatic rings. The van der Waals surface area contributed by atoms with Gasteiger partial charge < -0.3 is 5.32 Å². The fraction of sp³-hybridized carbons (Fsp3) is 0.444. The summed E-state index contributed by atoms with van der Waals surface area (Å²) < 4.78 is 0. The molecular weight excluding hydrogens is 138 g/mol. The van der Waals surface area contributed by atoms with Gasteiger partial charge in [0.1, 0.15) is 0 Å². The van der Waals surface area contributed by atoms with E-state index in [4.69, 9.17) is 0 Å². The normalized spacial score (nSPS) is 11.5. The molecule has 0 saturated heterocycles. The zero-order chi connectivity index (χ0) is 8.91. The quantitative estimate of drug-likeness (QED) is 0.603. The minimum absolute atomic E-state index is 0.00981. The van der Waals surface area contributed by atoms with Crippen molar-refractivity contribution in [2.45, 2.75) is 20.8 Å². The smallest absolute Gasteiger partial charge is 0.229 e. The van der Waals surface area contributed by atoms with E-state index in [1.807, 2.05) is 20.8 Å². The summed E-state index contributed by atoms with van der Waals surface area (Å²) in [7, 11) is 0. The molecule has 0 saturated carbocycles. The Morgan fingerprint density at radius 2 is 2.00 bits per heavy atom. The monoisotopic (exact) mass is 153 g/mol. The van der Waals surface area contributed by atoms with Crippen LogP contribution < -0.4 is 5.32 Å². The number of carbonyl (C=O) groups is 1. The Morgan fingerprint density at radius 1 is 1.45 bits per heavy atom. The van der Waals surface area contributed by atoms with Gasteiger partial charge in [0.05, 0.1) is 0 Å². The van der Waals surface area contributed by atoms with Crippen molar-refractivity contribution in [1.82, 2.24) is 5.32 Å². The van der Waals surface area contributed by atoms with Crippen LogP contribution in [0.1, 0.15) is 20.8 Å². The summed E-state index contributed by atoms with van der Waals surface area (Å²) in [4.78, 5) is 11.1. The molecule has 0 aromatic rings. The van der Waals surface area contributed by atoms with Crippen molar-refractivity contribution in [3.05, 3.63) is 24.9 Å². The molecule has 0 aromatic carbocycles. The lowest BCUT2D eigenvalue weighted by atomic mass is 9.96. The second kappa shape index (κ2) is 3.96. The average molecular weight is 153 g/mol. The van der Waals surface area contributed by atoms with Gasteiger partial charge in [-0.3, -0.25) is 4.79 Å². The minimum Gasteiger partial charge on any atom is -0.332 e. The van der Waals surface area contributed by atoms with Crippen molar-refractivity contribution in [3.8, 4) is 0 Å². The summed E-state index contributed by atoms with van der Waals surface area (Å²) in [6.45, 7) is 9.08. The van der Waals surface area contributed by atoms with Gasteiger partial charge >= 0.3 is 0 Å². The van der Waals surface area contributed by atoms with Gasteiger partial charge in [-0.1, -0.05) is 33.4 Å². The number of hydrogen-bond donors (Lipinski definition) is 1. The number of carbonyl (C=O) groups excluding carboxylic acids is 1. The van der Waals surface area contributed by atoms with Gasteiger partial charge in [-0.05, 0) is 6.08 Å². The van der Waals surface area contributed by atoms with Gasteiger partial charge in [-0.25, -0.2) is 0 Å². The highest BCUT2D eigenvalue weighted by Crippen LogP contribution is 2.11. The molecule has 1 N–H and O–H groups in total. The predicted octanol–water partition coefficient (Wildman–Crippen LogP) is 1.85. The SMILES string of the molecule is C=CC=CNC(=O)C(C)(C)C. The van der Waals surface area contributed by atoms with Crippen LogP contribution in [0.15, 0.2) is 24.9 Å². The molecule has 62 valence electrons. The van der Waals surface area contributed by atoms with E-state index >= 15 is 0 Å². The summed E-state index contributed by atoms with van der Waals surface area (Å²) >= 11 is 0. The zero-order valence-electron chi connectivity index (χ0n) is 7.35. The third-order valence-corrected chi connectivity index (χ3v) is 1.13. The van der Waals surface area contributed by atoms with E-state index in [0.29, 0.717) is 0 Å². The Bertz CT molecular complexity index is 174. The van der Waals surface area contributed by atoms with Crippen molar-refractivity contribution in [2.75, 3.05) is 0 Å². The number of rotatable bonds is 2. The van der Waals surface area contributed by atoms with Crippen molar-refractivity contribution in [2.24, 2.45) is 5.41 Å². The van der Waals surface area contributed by atoms with Crippen LogP contribution in [-0.2, 0) is 4.79 Å². The van der Waals surface area contributed by atoms with Crippen LogP contribution in [0.4, 0.5) is 0 Å². The highest BCUT2D eigenvalue weighted by atomic mass is 16.2. The molecule has 0 spiro atoms. The molecule has 0 bridgehead atoms. The Kier molecular flexibility index (Phi) is 3.58. The summed E-state index contributed by atoms with van der Waals surface area (Å²) in [5, 5.41) is 2.63. The Balaban J connectivity index is 3.89. The van der Waals surface area contributed by atoms with Gasteiger partial charge in [0.15, 0.2) is 0 Å². The number of nitrogens with one attached hydrogen (secondary N) is 1. The van der Waals surface area contributed by atoms with E-state index < -0.39 is 0 Å². The van der Waals surface area contributed by atoms with Crippen LogP contribution in [0, 0.1) is 5.41 Å². The molecule has 2 nitrogen and oxygen atoms in total. The van der Waals surface area contributed by atoms with Crippen LogP contribution in [0.3, 0.4) is 0 Å². The second-order valence-corrected chi connectivity index (χ2v) is 3.32. The Labute approximate surface area is 68.0 Å². The molecule has 1 amide bonds. The first-order valence-electron chi connectivity index (χ1n) is 3.57. The third-order valence-electron chi connectivity index (χ3n) is 1.13. The van der Waals surface area contributed by atoms with Crippen molar-refractivity contribution in [1.29, 1.82) is 0 Å². The lowest BCUT2D eigenvalue weighted by Crippen LogP contribution is -2.31. The molecular formula is C9H15NO. The van der Waals surface area contributed by atoms with E-state index in [1.54, 1.807) is 18.4 Å². The first-order chi connectivity index (χ1) is 4.98. The van der Waals surface area contributed by atoms with Crippen LogP contribution in [0.5, 0.6) is 0 Å². The zero-order valence-corrected chi connectivity index (χ0v) is 7.35. The summed E-state index contributed by atoms with van der Waals surface area (Å²) in [5.41, 5.74) is -0.328. The first kappa shape index (κ1) is 9.95. The number of allylic oxidation sites excluding steroid dienone is 2. The van der Waals surface area contributed by atoms with E-state index in [0.717, 1.165) is 0 Å². The molecule has 0 aliphatic carbocycles. The Morgan fingerprint density at radius 3 is 2.36 bits per heavy atom. The van der Waals surface area contributed by atoms with E-state index in [2.05, 4.69) is 11.9 Å². The van der Waals surface area contributed by atoms with Gasteiger partial charge in [-0.2, -0.15) is 0 Å². The van der Waals surface area contributed by atoms with Crippen LogP contribution >= 0.6 is 0 Å². The Hall–Kier alpha value is -1.05. The van der Waals surface area contributed by atoms with Gasteiger partial charge in [0.25, 0.3) is 0 Å². The topological polar surface area (TPSA) is 29.1 Å². The standard InChI is InChI=1S/C9H15NO/c1-5-6-7-10-8(11)9(2,3)4/h5-7H,1H2,2-4H3,(H,10,11). The lowest BCUT2D eigenvalue weighted by Gasteiger charge is -2.15. The fourth-order valence-corrected chi connectivity index (χ4v) is 0.408. The molecule has 11 heavy (non-hydrogen) atoms. The average Bonchev–Trinajstić information content (AvgIpc) is 1.86. The maximum absolute atomic E-state index is 11.1. The van der Waals surface area contributed by atoms with E-state index in [9.17, 15) is 4.79 Å². The van der Waals surface area contributed by atoms with Crippen LogP contribution in [-0.4, -0.2) is 5.91 Å². The second-order valence-electron chi connectivity index (χ2n) is 3.32.